The molecular weight excluding hydrogens is 490 g/mol. The van der Waals surface area contributed by atoms with E-state index in [4.69, 9.17) is 0 Å². The number of ketones is 1. The van der Waals surface area contributed by atoms with Gasteiger partial charge in [-0.15, -0.1) is 0 Å². The van der Waals surface area contributed by atoms with Crippen molar-refractivity contribution >= 4 is 29.6 Å². The van der Waals surface area contributed by atoms with E-state index in [1.54, 1.807) is 20.8 Å². The number of rotatable bonds is 10. The van der Waals surface area contributed by atoms with Crippen molar-refractivity contribution < 1.29 is 37.5 Å². The van der Waals surface area contributed by atoms with Gasteiger partial charge in [-0.1, -0.05) is 20.8 Å². The average molecular weight is 529 g/mol. The highest BCUT2D eigenvalue weighted by atomic mass is 19.3. The maximum atomic E-state index is 13.6. The Labute approximate surface area is 215 Å². The molecule has 208 valence electrons. The van der Waals surface area contributed by atoms with Crippen LogP contribution in [0.3, 0.4) is 0 Å². The summed E-state index contributed by atoms with van der Waals surface area (Å²) in [6.07, 6.45) is 0.955. The van der Waals surface area contributed by atoms with E-state index in [0.717, 1.165) is 12.8 Å². The highest BCUT2D eigenvalue weighted by Crippen LogP contribution is 2.49. The highest BCUT2D eigenvalue weighted by molar-refractivity contribution is 6.38. The number of carbonyl (C=O) groups excluding carboxylic acids is 5. The molecule has 0 radical (unpaired) electrons. The molecule has 3 rings (SSSR count). The Balaban J connectivity index is 1.80. The van der Waals surface area contributed by atoms with Gasteiger partial charge in [-0.3, -0.25) is 19.2 Å². The fourth-order valence-corrected chi connectivity index (χ4v) is 4.81. The van der Waals surface area contributed by atoms with E-state index in [1.807, 2.05) is 0 Å². The van der Waals surface area contributed by atoms with Crippen LogP contribution in [0.2, 0.25) is 0 Å². The number of piperidine rings is 1. The van der Waals surface area contributed by atoms with E-state index in [1.165, 1.54) is 12.0 Å². The first kappa shape index (κ1) is 28.8. The van der Waals surface area contributed by atoms with Crippen molar-refractivity contribution in [2.45, 2.75) is 96.3 Å². The molecule has 0 spiro atoms. The predicted octanol–water partition coefficient (Wildman–Crippen LogP) is 1.76. The third-order valence-electron chi connectivity index (χ3n) is 7.21. The van der Waals surface area contributed by atoms with E-state index in [0.29, 0.717) is 19.8 Å². The number of halogens is 2. The SMILES string of the molecule is COC(=O)N[C@H](C(=O)N1CCC2CC2[C@H]1C(=O)N[C@@H](CCC(C)(F)F)C(=O)C(=O)NC1CC1)C(C)(C)C. The molecule has 12 heteroatoms. The van der Waals surface area contributed by atoms with Crippen molar-refractivity contribution in [1.29, 1.82) is 0 Å². The molecule has 37 heavy (non-hydrogen) atoms. The second kappa shape index (κ2) is 10.9. The molecule has 5 atom stereocenters. The van der Waals surface area contributed by atoms with Crippen molar-refractivity contribution in [3.63, 3.8) is 0 Å². The lowest BCUT2D eigenvalue weighted by Gasteiger charge is -2.40. The predicted molar refractivity (Wildman–Crippen MR) is 128 cm³/mol. The molecule has 2 aliphatic carbocycles. The number of nitrogens with one attached hydrogen (secondary N) is 3. The van der Waals surface area contributed by atoms with Gasteiger partial charge >= 0.3 is 6.09 Å². The molecule has 0 aromatic carbocycles. The van der Waals surface area contributed by atoms with Crippen LogP contribution in [0.4, 0.5) is 13.6 Å². The van der Waals surface area contributed by atoms with Crippen LogP contribution in [0, 0.1) is 17.3 Å². The zero-order chi connectivity index (χ0) is 27.7. The van der Waals surface area contributed by atoms with Gasteiger partial charge in [0.25, 0.3) is 5.91 Å². The maximum Gasteiger partial charge on any atom is 0.407 e. The van der Waals surface area contributed by atoms with Crippen molar-refractivity contribution in [3.8, 4) is 0 Å². The van der Waals surface area contributed by atoms with Crippen LogP contribution >= 0.6 is 0 Å². The van der Waals surface area contributed by atoms with Crippen molar-refractivity contribution in [2.24, 2.45) is 17.3 Å². The Morgan fingerprint density at radius 2 is 1.68 bits per heavy atom. The fraction of sp³-hybridized carbons (Fsp3) is 0.800. The van der Waals surface area contributed by atoms with E-state index in [2.05, 4.69) is 20.7 Å². The molecule has 1 heterocycles. The fourth-order valence-electron chi connectivity index (χ4n) is 4.81. The first-order valence-electron chi connectivity index (χ1n) is 12.8. The topological polar surface area (TPSA) is 134 Å². The summed E-state index contributed by atoms with van der Waals surface area (Å²) < 4.78 is 31.9. The number of likely N-dealkylation sites (tertiary alicyclic amines) is 1. The van der Waals surface area contributed by atoms with Gasteiger partial charge in [0, 0.05) is 19.0 Å². The minimum Gasteiger partial charge on any atom is -0.453 e. The number of hydrogen-bond acceptors (Lipinski definition) is 6. The Hall–Kier alpha value is -2.79. The van der Waals surface area contributed by atoms with E-state index >= 15 is 0 Å². The normalized spacial score (nSPS) is 24.7. The van der Waals surface area contributed by atoms with Crippen LogP contribution in [-0.4, -0.2) is 78.2 Å². The van der Waals surface area contributed by atoms with E-state index in [9.17, 15) is 32.8 Å². The molecule has 3 fully saturated rings. The van der Waals surface area contributed by atoms with Crippen molar-refractivity contribution in [1.82, 2.24) is 20.9 Å². The number of ether oxygens (including phenoxy) is 1. The Morgan fingerprint density at radius 1 is 1.03 bits per heavy atom. The molecule has 10 nitrogen and oxygen atoms in total. The van der Waals surface area contributed by atoms with Gasteiger partial charge in [0.1, 0.15) is 12.1 Å². The van der Waals surface area contributed by atoms with Crippen LogP contribution in [0.5, 0.6) is 0 Å². The Bertz CT molecular complexity index is 927. The number of alkyl carbamates (subject to hydrolysis) is 1. The molecule has 1 saturated heterocycles. The number of alkyl halides is 2. The third kappa shape index (κ3) is 7.61. The van der Waals surface area contributed by atoms with Crippen LogP contribution in [0.25, 0.3) is 0 Å². The molecule has 0 bridgehead atoms. The highest BCUT2D eigenvalue weighted by Gasteiger charge is 2.55. The summed E-state index contributed by atoms with van der Waals surface area (Å²) in [5.74, 6) is -6.05. The van der Waals surface area contributed by atoms with Gasteiger partial charge in [0.05, 0.1) is 13.2 Å². The zero-order valence-electron chi connectivity index (χ0n) is 22.1. The summed E-state index contributed by atoms with van der Waals surface area (Å²) in [5, 5.41) is 7.61. The van der Waals surface area contributed by atoms with Gasteiger partial charge in [-0.2, -0.15) is 0 Å². The van der Waals surface area contributed by atoms with Gasteiger partial charge < -0.3 is 25.6 Å². The smallest absolute Gasteiger partial charge is 0.407 e. The van der Waals surface area contributed by atoms with Gasteiger partial charge in [-0.05, 0) is 56.3 Å². The molecule has 2 unspecified atom stereocenters. The zero-order valence-corrected chi connectivity index (χ0v) is 22.1. The number of carbonyl (C=O) groups is 5. The summed E-state index contributed by atoms with van der Waals surface area (Å²) >= 11 is 0. The van der Waals surface area contributed by atoms with Crippen molar-refractivity contribution in [3.05, 3.63) is 0 Å². The molecule has 3 aliphatic rings. The van der Waals surface area contributed by atoms with Crippen LogP contribution in [0.15, 0.2) is 0 Å². The van der Waals surface area contributed by atoms with Crippen LogP contribution < -0.4 is 16.0 Å². The second-order valence-electron chi connectivity index (χ2n) is 11.6. The number of amides is 4. The van der Waals surface area contributed by atoms with Gasteiger partial charge in [0.2, 0.25) is 23.5 Å². The van der Waals surface area contributed by atoms with Gasteiger partial charge in [0.15, 0.2) is 0 Å². The number of fused-ring (bicyclic) bond motifs is 1. The summed E-state index contributed by atoms with van der Waals surface area (Å²) in [7, 11) is 1.18. The minimum absolute atomic E-state index is 0.115. The standard InChI is InChI=1S/C25H38F2N4O6/c1-24(2,3)19(30-23(36)37-5)22(35)31-11-9-13-12-15(13)17(31)20(33)29-16(8-10-25(4,26)27)18(32)21(34)28-14-6-7-14/h13-17,19H,6-12H2,1-5H3,(H,28,34)(H,29,33)(H,30,36)/t13?,15?,16-,17-,19+/m0/s1. The largest absolute Gasteiger partial charge is 0.453 e. The lowest BCUT2D eigenvalue weighted by Crippen LogP contribution is -2.62. The monoisotopic (exact) mass is 528 g/mol. The lowest BCUT2D eigenvalue weighted by atomic mass is 9.85. The first-order valence-corrected chi connectivity index (χ1v) is 12.8. The average Bonchev–Trinajstić information content (AvgIpc) is 3.72. The number of Topliss-reactive ketones (excluding diaryl/α,β-unsaturated/α-hetero) is 1. The summed E-state index contributed by atoms with van der Waals surface area (Å²) in [5.41, 5.74) is -0.710. The number of nitrogens with zero attached hydrogens (tertiary/aromatic N) is 1. The minimum atomic E-state index is -3.09. The van der Waals surface area contributed by atoms with E-state index in [-0.39, 0.29) is 24.4 Å². The Kier molecular flexibility index (Phi) is 8.48. The van der Waals surface area contributed by atoms with Crippen LogP contribution in [0.1, 0.15) is 66.2 Å². The van der Waals surface area contributed by atoms with Crippen LogP contribution in [-0.2, 0) is 23.9 Å². The summed E-state index contributed by atoms with van der Waals surface area (Å²) in [4.78, 5) is 65.7. The van der Waals surface area contributed by atoms with E-state index < -0.39 is 71.9 Å². The number of methoxy groups -OCH3 is 1. The number of hydrogen-bond donors (Lipinski definition) is 3. The summed E-state index contributed by atoms with van der Waals surface area (Å²) in [6.45, 7) is 6.27. The first-order chi connectivity index (χ1) is 17.1. The molecule has 0 aromatic rings. The van der Waals surface area contributed by atoms with Crippen molar-refractivity contribution in [2.75, 3.05) is 13.7 Å². The summed E-state index contributed by atoms with van der Waals surface area (Å²) in [6, 6.07) is -3.50. The third-order valence-corrected chi connectivity index (χ3v) is 7.21. The molecule has 3 N–H and O–H groups in total. The maximum absolute atomic E-state index is 13.6. The molecule has 0 aromatic heterocycles. The Morgan fingerprint density at radius 3 is 2.22 bits per heavy atom. The molecule has 1 aliphatic heterocycles. The second-order valence-corrected chi connectivity index (χ2v) is 11.6. The van der Waals surface area contributed by atoms with Gasteiger partial charge in [-0.25, -0.2) is 13.6 Å². The quantitative estimate of drug-likeness (QED) is 0.370. The molecule has 4 amide bonds. The molecular formula is C25H38F2N4O6. The lowest BCUT2D eigenvalue weighted by molar-refractivity contribution is -0.147. The molecule has 2 saturated carbocycles.